The molecule has 0 unspecified atom stereocenters. The molecule has 1 N–H and O–H groups in total. The third-order valence-corrected chi connectivity index (χ3v) is 6.29. The summed E-state index contributed by atoms with van der Waals surface area (Å²) in [5.74, 6) is -0.423. The number of carbonyl (C=O) groups excluding carboxylic acids is 2. The van der Waals surface area contributed by atoms with E-state index in [1.807, 2.05) is 0 Å². The zero-order valence-corrected chi connectivity index (χ0v) is 18.2. The predicted octanol–water partition coefficient (Wildman–Crippen LogP) is 3.66. The second-order valence-electron chi connectivity index (χ2n) is 6.95. The van der Waals surface area contributed by atoms with Crippen molar-refractivity contribution in [2.75, 3.05) is 18.2 Å². The van der Waals surface area contributed by atoms with Gasteiger partial charge in [-0.15, -0.1) is 0 Å². The number of benzene rings is 2. The Bertz CT molecular complexity index is 1230. The van der Waals surface area contributed by atoms with Crippen molar-refractivity contribution < 1.29 is 27.3 Å². The second-order valence-corrected chi connectivity index (χ2v) is 9.03. The van der Waals surface area contributed by atoms with Crippen LogP contribution in [0.25, 0.3) is 11.3 Å². The van der Waals surface area contributed by atoms with Gasteiger partial charge in [-0.25, -0.2) is 8.42 Å². The Kier molecular flexibility index (Phi) is 6.55. The largest absolute Gasteiger partial charge is 0.495 e. The maximum Gasteiger partial charge on any atom is 0.225 e. The van der Waals surface area contributed by atoms with Gasteiger partial charge in [0.15, 0.2) is 21.4 Å². The van der Waals surface area contributed by atoms with Crippen LogP contribution in [0, 0.1) is 6.92 Å². The van der Waals surface area contributed by atoms with Crippen LogP contribution in [0.5, 0.6) is 5.75 Å². The number of methoxy groups -OCH3 is 1. The Morgan fingerprint density at radius 3 is 2.55 bits per heavy atom. The Balaban J connectivity index is 1.76. The van der Waals surface area contributed by atoms with Crippen molar-refractivity contribution in [3.8, 4) is 17.1 Å². The van der Waals surface area contributed by atoms with Gasteiger partial charge in [0.25, 0.3) is 0 Å². The summed E-state index contributed by atoms with van der Waals surface area (Å²) in [6.45, 7) is 3.19. The lowest BCUT2D eigenvalue weighted by atomic mass is 10.1. The number of ether oxygens (including phenoxy) is 1. The highest BCUT2D eigenvalue weighted by atomic mass is 32.2. The van der Waals surface area contributed by atoms with Crippen LogP contribution in [0.3, 0.4) is 0 Å². The number of Topliss-reactive ketones (excluding diaryl/α,β-unsaturated/α-hetero) is 1. The van der Waals surface area contributed by atoms with E-state index >= 15 is 0 Å². The highest BCUT2D eigenvalue weighted by Crippen LogP contribution is 2.31. The van der Waals surface area contributed by atoms with Crippen LogP contribution in [0.2, 0.25) is 0 Å². The number of nitrogens with one attached hydrogen (secondary N) is 1. The zero-order valence-electron chi connectivity index (χ0n) is 17.3. The fraction of sp³-hybridized carbons (Fsp3) is 0.227. The lowest BCUT2D eigenvalue weighted by Gasteiger charge is -2.11. The number of amides is 1. The van der Waals surface area contributed by atoms with Gasteiger partial charge in [-0.05, 0) is 44.2 Å². The maximum absolute atomic E-state index is 13.0. The van der Waals surface area contributed by atoms with Crippen LogP contribution in [-0.4, -0.2) is 38.1 Å². The van der Waals surface area contributed by atoms with Gasteiger partial charge in [0.05, 0.1) is 18.6 Å². The molecule has 1 heterocycles. The van der Waals surface area contributed by atoms with Gasteiger partial charge < -0.3 is 14.6 Å². The van der Waals surface area contributed by atoms with E-state index in [0.717, 1.165) is 0 Å². The van der Waals surface area contributed by atoms with Gasteiger partial charge in [-0.2, -0.15) is 0 Å². The number of carbonyl (C=O) groups is 2. The fourth-order valence-corrected chi connectivity index (χ4v) is 4.39. The van der Waals surface area contributed by atoms with E-state index in [1.54, 1.807) is 43.3 Å². The Labute approximate surface area is 180 Å². The molecule has 0 aliphatic carbocycles. The molecule has 0 bridgehead atoms. The summed E-state index contributed by atoms with van der Waals surface area (Å²) in [5, 5.41) is 6.43. The smallest absolute Gasteiger partial charge is 0.225 e. The molecule has 0 aliphatic rings. The summed E-state index contributed by atoms with van der Waals surface area (Å²) in [4.78, 5) is 23.7. The Morgan fingerprint density at radius 1 is 1.13 bits per heavy atom. The number of hydrogen-bond donors (Lipinski definition) is 1. The molecule has 2 aromatic carbocycles. The second kappa shape index (κ2) is 9.13. The van der Waals surface area contributed by atoms with E-state index < -0.39 is 21.5 Å². The van der Waals surface area contributed by atoms with Gasteiger partial charge in [-0.1, -0.05) is 17.3 Å². The van der Waals surface area contributed by atoms with Gasteiger partial charge in [-0.3, -0.25) is 9.59 Å². The van der Waals surface area contributed by atoms with E-state index in [4.69, 9.17) is 9.26 Å². The molecule has 0 saturated carbocycles. The van der Waals surface area contributed by atoms with E-state index in [1.165, 1.54) is 26.2 Å². The molecule has 31 heavy (non-hydrogen) atoms. The molecule has 8 nitrogen and oxygen atoms in total. The van der Waals surface area contributed by atoms with E-state index in [2.05, 4.69) is 10.5 Å². The Morgan fingerprint density at radius 2 is 1.90 bits per heavy atom. The first kappa shape index (κ1) is 22.2. The standard InChI is InChI=1S/C22H22N2O6S/c1-14-11-20(30-24-14)17-7-8-19(29-3)21(13-17)31(27,28)10-9-22(26)23-18-6-4-5-16(12-18)15(2)25/h4-8,11-13H,9-10H2,1-3H3,(H,23,26). The molecule has 162 valence electrons. The first-order valence-corrected chi connectivity index (χ1v) is 11.1. The average molecular weight is 442 g/mol. The van der Waals surface area contributed by atoms with Crippen LogP contribution in [0.15, 0.2) is 57.9 Å². The summed E-state index contributed by atoms with van der Waals surface area (Å²) in [7, 11) is -2.46. The molecule has 0 atom stereocenters. The highest BCUT2D eigenvalue weighted by molar-refractivity contribution is 7.91. The van der Waals surface area contributed by atoms with Crippen molar-refractivity contribution >= 4 is 27.2 Å². The van der Waals surface area contributed by atoms with Crippen LogP contribution in [0.4, 0.5) is 5.69 Å². The van der Waals surface area contributed by atoms with Crippen molar-refractivity contribution in [1.82, 2.24) is 5.16 Å². The van der Waals surface area contributed by atoms with Crippen LogP contribution < -0.4 is 10.1 Å². The number of aromatic nitrogens is 1. The van der Waals surface area contributed by atoms with Crippen LogP contribution in [-0.2, 0) is 14.6 Å². The fourth-order valence-electron chi connectivity index (χ4n) is 2.95. The summed E-state index contributed by atoms with van der Waals surface area (Å²) < 4.78 is 36.3. The minimum absolute atomic E-state index is 0.0343. The topological polar surface area (TPSA) is 116 Å². The quantitative estimate of drug-likeness (QED) is 0.529. The molecular weight excluding hydrogens is 420 g/mol. The lowest BCUT2D eigenvalue weighted by Crippen LogP contribution is -2.18. The molecule has 0 fully saturated rings. The number of nitrogens with zero attached hydrogens (tertiary/aromatic N) is 1. The van der Waals surface area contributed by atoms with E-state index in [9.17, 15) is 18.0 Å². The molecule has 0 saturated heterocycles. The number of ketones is 1. The number of sulfone groups is 1. The van der Waals surface area contributed by atoms with Crippen molar-refractivity contribution in [2.45, 2.75) is 25.2 Å². The molecule has 1 amide bonds. The normalized spacial score (nSPS) is 11.2. The number of rotatable bonds is 8. The third-order valence-electron chi connectivity index (χ3n) is 4.56. The molecule has 0 spiro atoms. The molecule has 0 aliphatic heterocycles. The molecule has 3 aromatic rings. The maximum atomic E-state index is 13.0. The summed E-state index contributed by atoms with van der Waals surface area (Å²) in [6.07, 6.45) is -0.262. The third kappa shape index (κ3) is 5.37. The summed E-state index contributed by atoms with van der Waals surface area (Å²) >= 11 is 0. The number of hydrogen-bond acceptors (Lipinski definition) is 7. The monoisotopic (exact) mass is 442 g/mol. The first-order chi connectivity index (χ1) is 14.7. The van der Waals surface area contributed by atoms with Gasteiger partial charge in [0, 0.05) is 29.3 Å². The van der Waals surface area contributed by atoms with E-state index in [-0.39, 0.29) is 22.8 Å². The number of anilines is 1. The molecule has 1 aromatic heterocycles. The first-order valence-electron chi connectivity index (χ1n) is 9.45. The predicted molar refractivity (Wildman–Crippen MR) is 115 cm³/mol. The SMILES string of the molecule is COc1ccc(-c2cc(C)no2)cc1S(=O)(=O)CCC(=O)Nc1cccc(C(C)=O)c1. The van der Waals surface area contributed by atoms with Crippen molar-refractivity contribution in [2.24, 2.45) is 0 Å². The number of aryl methyl sites for hydroxylation is 1. The van der Waals surface area contributed by atoms with Crippen LogP contribution >= 0.6 is 0 Å². The lowest BCUT2D eigenvalue weighted by molar-refractivity contribution is -0.115. The minimum Gasteiger partial charge on any atom is -0.495 e. The minimum atomic E-state index is -3.84. The molecule has 3 rings (SSSR count). The molecule has 0 radical (unpaired) electrons. The van der Waals surface area contributed by atoms with Crippen molar-refractivity contribution in [1.29, 1.82) is 0 Å². The average Bonchev–Trinajstić information content (AvgIpc) is 3.18. The zero-order chi connectivity index (χ0) is 22.6. The van der Waals surface area contributed by atoms with E-state index in [0.29, 0.717) is 28.3 Å². The molecule has 9 heteroatoms. The van der Waals surface area contributed by atoms with Gasteiger partial charge in [0.2, 0.25) is 5.91 Å². The summed E-state index contributed by atoms with van der Waals surface area (Å²) in [6, 6.07) is 12.8. The van der Waals surface area contributed by atoms with Crippen molar-refractivity contribution in [3.63, 3.8) is 0 Å². The molecular formula is C22H22N2O6S. The van der Waals surface area contributed by atoms with Gasteiger partial charge in [0.1, 0.15) is 10.6 Å². The van der Waals surface area contributed by atoms with Crippen LogP contribution in [0.1, 0.15) is 29.4 Å². The van der Waals surface area contributed by atoms with Gasteiger partial charge >= 0.3 is 0 Å². The summed E-state index contributed by atoms with van der Waals surface area (Å²) in [5.41, 5.74) is 2.08. The highest BCUT2D eigenvalue weighted by Gasteiger charge is 2.23. The Hall–Kier alpha value is -3.46. The van der Waals surface area contributed by atoms with Crippen molar-refractivity contribution in [3.05, 3.63) is 59.8 Å².